The van der Waals surface area contributed by atoms with E-state index in [9.17, 15) is 20.0 Å². The predicted octanol–water partition coefficient (Wildman–Crippen LogP) is 4.07. The molecule has 27 heavy (non-hydrogen) atoms. The highest BCUT2D eigenvalue weighted by molar-refractivity contribution is 6.07. The molecule has 1 saturated carbocycles. The second-order valence-electron chi connectivity index (χ2n) is 5.98. The van der Waals surface area contributed by atoms with Gasteiger partial charge in [0.25, 0.3) is 11.6 Å². The van der Waals surface area contributed by atoms with E-state index in [1.807, 2.05) is 0 Å². The number of ether oxygens (including phenoxy) is 1. The lowest BCUT2D eigenvalue weighted by Crippen LogP contribution is -2.15. The molecule has 2 aromatic rings. The Kier molecular flexibility index (Phi) is 5.04. The number of carbonyl (C=O) groups is 1. The number of rotatable bonds is 6. The monoisotopic (exact) mass is 365 g/mol. The van der Waals surface area contributed by atoms with Crippen molar-refractivity contribution in [3.63, 3.8) is 0 Å². The van der Waals surface area contributed by atoms with E-state index in [-0.39, 0.29) is 22.9 Å². The van der Waals surface area contributed by atoms with E-state index < -0.39 is 10.8 Å². The van der Waals surface area contributed by atoms with Crippen LogP contribution in [0.2, 0.25) is 0 Å². The smallest absolute Gasteiger partial charge is 0.269 e. The van der Waals surface area contributed by atoms with Gasteiger partial charge in [0.1, 0.15) is 23.3 Å². The van der Waals surface area contributed by atoms with Crippen LogP contribution in [-0.2, 0) is 4.79 Å². The molecule has 0 bridgehead atoms. The Bertz CT molecular complexity index is 939. The lowest BCUT2D eigenvalue weighted by atomic mass is 10.1. The zero-order valence-corrected chi connectivity index (χ0v) is 14.1. The first kappa shape index (κ1) is 17.9. The number of nitrogens with zero attached hydrogens (tertiary/aromatic N) is 2. The van der Waals surface area contributed by atoms with Crippen molar-refractivity contribution >= 4 is 17.3 Å². The van der Waals surface area contributed by atoms with E-state index in [4.69, 9.17) is 10.00 Å². The summed E-state index contributed by atoms with van der Waals surface area (Å²) in [6, 6.07) is 13.8. The fourth-order valence-corrected chi connectivity index (χ4v) is 2.36. The van der Waals surface area contributed by atoms with Gasteiger partial charge in [-0.15, -0.1) is 0 Å². The molecule has 0 aliphatic heterocycles. The first-order valence-corrected chi connectivity index (χ1v) is 8.15. The standard InChI is InChI=1S/C19H15N3O5/c20-11-17(18(23)12-1-2-12)19(24)21-13-3-7-15(8-4-13)27-16-9-5-14(6-10-16)22(25)26/h3-10,12,23H,1-2H2,(H,21,24)/b18-17-. The molecule has 2 aromatic carbocycles. The lowest BCUT2D eigenvalue weighted by molar-refractivity contribution is -0.384. The van der Waals surface area contributed by atoms with Crippen molar-refractivity contribution in [1.29, 1.82) is 5.26 Å². The molecule has 136 valence electrons. The molecule has 8 heteroatoms. The normalized spacial score (nSPS) is 13.9. The van der Waals surface area contributed by atoms with Crippen molar-refractivity contribution in [2.45, 2.75) is 12.8 Å². The molecule has 3 rings (SSSR count). The van der Waals surface area contributed by atoms with Crippen molar-refractivity contribution in [1.82, 2.24) is 0 Å². The van der Waals surface area contributed by atoms with E-state index in [0.29, 0.717) is 17.2 Å². The maximum Gasteiger partial charge on any atom is 0.269 e. The summed E-state index contributed by atoms with van der Waals surface area (Å²) in [7, 11) is 0. The first-order chi connectivity index (χ1) is 13.0. The van der Waals surface area contributed by atoms with Crippen LogP contribution in [0, 0.1) is 27.4 Å². The minimum Gasteiger partial charge on any atom is -0.510 e. The maximum absolute atomic E-state index is 12.1. The molecular weight excluding hydrogens is 350 g/mol. The number of nitrogens with one attached hydrogen (secondary N) is 1. The number of aliphatic hydroxyl groups is 1. The van der Waals surface area contributed by atoms with Crippen LogP contribution in [0.1, 0.15) is 12.8 Å². The van der Waals surface area contributed by atoms with Gasteiger partial charge in [0, 0.05) is 23.7 Å². The minimum atomic E-state index is -0.661. The molecular formula is C19H15N3O5. The van der Waals surface area contributed by atoms with Crippen LogP contribution in [0.4, 0.5) is 11.4 Å². The fourth-order valence-electron chi connectivity index (χ4n) is 2.36. The van der Waals surface area contributed by atoms with Gasteiger partial charge in [-0.1, -0.05) is 0 Å². The summed E-state index contributed by atoms with van der Waals surface area (Å²) < 4.78 is 5.58. The molecule has 1 fully saturated rings. The van der Waals surface area contributed by atoms with Gasteiger partial charge >= 0.3 is 0 Å². The van der Waals surface area contributed by atoms with Gasteiger partial charge in [0.05, 0.1) is 4.92 Å². The Morgan fingerprint density at radius 3 is 2.19 bits per heavy atom. The number of amides is 1. The molecule has 0 spiro atoms. The van der Waals surface area contributed by atoms with Crippen molar-refractivity contribution in [2.24, 2.45) is 5.92 Å². The van der Waals surface area contributed by atoms with Crippen LogP contribution in [0.25, 0.3) is 0 Å². The van der Waals surface area contributed by atoms with Gasteiger partial charge in [-0.05, 0) is 49.2 Å². The van der Waals surface area contributed by atoms with Gasteiger partial charge in [-0.2, -0.15) is 5.26 Å². The number of hydrogen-bond acceptors (Lipinski definition) is 6. The summed E-state index contributed by atoms with van der Waals surface area (Å²) in [6.07, 6.45) is 1.55. The van der Waals surface area contributed by atoms with Crippen molar-refractivity contribution in [3.05, 3.63) is 70.0 Å². The summed E-state index contributed by atoms with van der Waals surface area (Å²) in [6.45, 7) is 0. The molecule has 1 aliphatic carbocycles. The van der Waals surface area contributed by atoms with Crippen LogP contribution >= 0.6 is 0 Å². The second-order valence-corrected chi connectivity index (χ2v) is 5.98. The Morgan fingerprint density at radius 1 is 1.15 bits per heavy atom. The van der Waals surface area contributed by atoms with E-state index >= 15 is 0 Å². The van der Waals surface area contributed by atoms with E-state index in [2.05, 4.69) is 5.32 Å². The number of hydrogen-bond donors (Lipinski definition) is 2. The lowest BCUT2D eigenvalue weighted by Gasteiger charge is -2.08. The second kappa shape index (κ2) is 7.58. The third-order valence-electron chi connectivity index (χ3n) is 3.95. The molecule has 1 aliphatic rings. The molecule has 8 nitrogen and oxygen atoms in total. The van der Waals surface area contributed by atoms with Crippen molar-refractivity contribution in [2.75, 3.05) is 5.32 Å². The van der Waals surface area contributed by atoms with Crippen molar-refractivity contribution < 1.29 is 19.6 Å². The van der Waals surface area contributed by atoms with Gasteiger partial charge in [0.15, 0.2) is 5.57 Å². The van der Waals surface area contributed by atoms with Crippen LogP contribution in [0.5, 0.6) is 11.5 Å². The van der Waals surface area contributed by atoms with E-state index in [1.54, 1.807) is 30.3 Å². The molecule has 0 aromatic heterocycles. The molecule has 0 unspecified atom stereocenters. The number of nitriles is 1. The number of benzene rings is 2. The average molecular weight is 365 g/mol. The highest BCUT2D eigenvalue weighted by Crippen LogP contribution is 2.36. The summed E-state index contributed by atoms with van der Waals surface area (Å²) >= 11 is 0. The number of anilines is 1. The van der Waals surface area contributed by atoms with Crippen LogP contribution in [-0.4, -0.2) is 15.9 Å². The zero-order valence-electron chi connectivity index (χ0n) is 14.1. The highest BCUT2D eigenvalue weighted by Gasteiger charge is 2.30. The largest absolute Gasteiger partial charge is 0.510 e. The molecule has 0 atom stereocenters. The third kappa shape index (κ3) is 4.41. The van der Waals surface area contributed by atoms with Crippen LogP contribution < -0.4 is 10.1 Å². The van der Waals surface area contributed by atoms with E-state index in [1.165, 1.54) is 24.3 Å². The van der Waals surface area contributed by atoms with Crippen LogP contribution in [0.15, 0.2) is 59.9 Å². The van der Waals surface area contributed by atoms with Crippen LogP contribution in [0.3, 0.4) is 0 Å². The number of nitro benzene ring substituents is 1. The molecule has 2 N–H and O–H groups in total. The minimum absolute atomic E-state index is 0.0313. The number of carbonyl (C=O) groups excluding carboxylic acids is 1. The Balaban J connectivity index is 1.65. The number of non-ortho nitro benzene ring substituents is 1. The molecule has 1 amide bonds. The summed E-state index contributed by atoms with van der Waals surface area (Å²) in [5, 5.41) is 32.2. The van der Waals surface area contributed by atoms with E-state index in [0.717, 1.165) is 12.8 Å². The first-order valence-electron chi connectivity index (χ1n) is 8.15. The average Bonchev–Trinajstić information content (AvgIpc) is 3.49. The zero-order chi connectivity index (χ0) is 19.4. The number of aliphatic hydroxyl groups excluding tert-OH is 1. The Morgan fingerprint density at radius 2 is 1.70 bits per heavy atom. The Hall–Kier alpha value is -3.86. The summed E-state index contributed by atoms with van der Waals surface area (Å²) in [4.78, 5) is 22.3. The van der Waals surface area contributed by atoms with Gasteiger partial charge in [0.2, 0.25) is 0 Å². The summed E-state index contributed by atoms with van der Waals surface area (Å²) in [5.74, 6) is -0.0119. The quantitative estimate of drug-likeness (QED) is 0.261. The maximum atomic E-state index is 12.1. The van der Waals surface area contributed by atoms with Gasteiger partial charge in [-0.3, -0.25) is 14.9 Å². The molecule has 0 radical (unpaired) electrons. The molecule has 0 saturated heterocycles. The van der Waals surface area contributed by atoms with Crippen molar-refractivity contribution in [3.8, 4) is 17.6 Å². The van der Waals surface area contributed by atoms with Gasteiger partial charge in [-0.25, -0.2) is 0 Å². The third-order valence-corrected chi connectivity index (χ3v) is 3.95. The molecule has 0 heterocycles. The number of allylic oxidation sites excluding steroid dienone is 1. The SMILES string of the molecule is N#C/C(C(=O)Nc1ccc(Oc2ccc([N+](=O)[O-])cc2)cc1)=C(/O)C1CC1. The summed E-state index contributed by atoms with van der Waals surface area (Å²) in [5.41, 5.74) is 0.132. The predicted molar refractivity (Wildman–Crippen MR) is 96.2 cm³/mol. The highest BCUT2D eigenvalue weighted by atomic mass is 16.6. The number of nitro groups is 1. The fraction of sp³-hybridized carbons (Fsp3) is 0.158. The van der Waals surface area contributed by atoms with Gasteiger partial charge < -0.3 is 15.2 Å². The Labute approximate surface area is 154 Å². The topological polar surface area (TPSA) is 125 Å².